The number of alkyl halides is 1. The molecule has 0 atom stereocenters. The molecule has 26 heavy (non-hydrogen) atoms. The number of hydrogen-bond acceptors (Lipinski definition) is 5. The van der Waals surface area contributed by atoms with Crippen molar-refractivity contribution in [2.24, 2.45) is 0 Å². The molecule has 0 aliphatic carbocycles. The minimum absolute atomic E-state index is 0.0847. The average Bonchev–Trinajstić information content (AvgIpc) is 2.63. The van der Waals surface area contributed by atoms with Crippen LogP contribution < -0.4 is 15.2 Å². The van der Waals surface area contributed by atoms with Crippen LogP contribution in [0.15, 0.2) is 65.6 Å². The van der Waals surface area contributed by atoms with Crippen molar-refractivity contribution < 1.29 is 17.4 Å². The van der Waals surface area contributed by atoms with E-state index >= 15 is 0 Å². The van der Waals surface area contributed by atoms with Crippen molar-refractivity contribution in [1.82, 2.24) is 0 Å². The molecule has 0 bridgehead atoms. The summed E-state index contributed by atoms with van der Waals surface area (Å²) >= 11 is 1.95. The first-order valence-corrected chi connectivity index (χ1v) is 10.5. The Hall–Kier alpha value is -2.33. The second-order valence-electron chi connectivity index (χ2n) is 5.44. The van der Waals surface area contributed by atoms with Crippen molar-refractivity contribution in [2.75, 3.05) is 15.5 Å². The summed E-state index contributed by atoms with van der Waals surface area (Å²) in [7, 11) is -4.09. The van der Waals surface area contributed by atoms with Crippen molar-refractivity contribution in [1.29, 1.82) is 0 Å². The molecule has 3 rings (SSSR count). The molecule has 0 aliphatic heterocycles. The van der Waals surface area contributed by atoms with Crippen molar-refractivity contribution in [3.63, 3.8) is 0 Å². The number of nitrogen functional groups attached to an aromatic ring is 1. The number of halogens is 1. The predicted molar refractivity (Wildman–Crippen MR) is 110 cm³/mol. The maximum absolute atomic E-state index is 12.6. The molecule has 0 fully saturated rings. The van der Waals surface area contributed by atoms with Gasteiger partial charge < -0.3 is 15.2 Å². The van der Waals surface area contributed by atoms with Crippen molar-refractivity contribution >= 4 is 60.8 Å². The van der Waals surface area contributed by atoms with Gasteiger partial charge in [-0.25, -0.2) is 0 Å². The lowest BCUT2D eigenvalue weighted by atomic mass is 10.1. The molecule has 0 aliphatic rings. The van der Waals surface area contributed by atoms with Gasteiger partial charge in [0, 0.05) is 11.1 Å². The Kier molecular flexibility index (Phi) is 5.33. The topological polar surface area (TPSA) is 98.5 Å². The number of nitrogens with two attached hydrogens (primary N) is 1. The zero-order chi connectivity index (χ0) is 18.7. The Balaban J connectivity index is 1.87. The zero-order valence-corrected chi connectivity index (χ0v) is 16.5. The zero-order valence-electron chi connectivity index (χ0n) is 13.5. The molecule has 0 spiro atoms. The summed E-state index contributed by atoms with van der Waals surface area (Å²) in [6.45, 7) is 0. The first-order valence-electron chi connectivity index (χ1n) is 7.58. The molecule has 0 heterocycles. The fourth-order valence-electron chi connectivity index (χ4n) is 2.45. The third-order valence-corrected chi connectivity index (χ3v) is 5.66. The first-order chi connectivity index (χ1) is 12.4. The Morgan fingerprint density at radius 1 is 1.04 bits per heavy atom. The number of nitrogens with one attached hydrogen (secondary N) is 1. The van der Waals surface area contributed by atoms with Gasteiger partial charge in [0.1, 0.15) is 10.6 Å². The van der Waals surface area contributed by atoms with Crippen LogP contribution in [0.5, 0.6) is 5.75 Å². The number of anilines is 2. The second-order valence-corrected chi connectivity index (χ2v) is 7.72. The maximum Gasteiger partial charge on any atom is 0.341 e. The highest BCUT2D eigenvalue weighted by molar-refractivity contribution is 14.1. The molecule has 3 aromatic rings. The fourth-order valence-corrected chi connectivity index (χ4v) is 3.71. The SMILES string of the molecule is Nc1c(S(=O)(=O)Oc2ccc(NC(=O)CI)cc2)ccc2ccccc12. The fraction of sp³-hybridized carbons (Fsp3) is 0.0556. The molecular weight excluding hydrogens is 467 g/mol. The number of amides is 1. The molecular formula is C18H15IN2O4S. The molecule has 0 saturated heterocycles. The normalized spacial score (nSPS) is 11.3. The molecule has 3 aromatic carbocycles. The van der Waals surface area contributed by atoms with E-state index in [1.54, 1.807) is 30.3 Å². The Morgan fingerprint density at radius 2 is 1.73 bits per heavy atom. The monoisotopic (exact) mass is 482 g/mol. The summed E-state index contributed by atoms with van der Waals surface area (Å²) in [5.74, 6) is -0.0131. The number of carbonyl (C=O) groups excluding carboxylic acids is 1. The molecule has 1 amide bonds. The van der Waals surface area contributed by atoms with Gasteiger partial charge in [-0.15, -0.1) is 0 Å². The Bertz CT molecular complexity index is 1070. The number of rotatable bonds is 5. The van der Waals surface area contributed by atoms with Gasteiger partial charge in [-0.1, -0.05) is 52.9 Å². The maximum atomic E-state index is 12.6. The van der Waals surface area contributed by atoms with Crippen LogP contribution in [-0.2, 0) is 14.9 Å². The average molecular weight is 482 g/mol. The third-order valence-electron chi connectivity index (χ3n) is 3.67. The summed E-state index contributed by atoms with van der Waals surface area (Å²) in [4.78, 5) is 11.3. The molecule has 0 unspecified atom stereocenters. The van der Waals surface area contributed by atoms with Crippen LogP contribution in [0.25, 0.3) is 10.8 Å². The predicted octanol–water partition coefficient (Wildman–Crippen LogP) is 3.56. The van der Waals surface area contributed by atoms with E-state index in [1.807, 2.05) is 34.7 Å². The number of fused-ring (bicyclic) bond motifs is 1. The molecule has 0 saturated carbocycles. The largest absolute Gasteiger partial charge is 0.397 e. The van der Waals surface area contributed by atoms with E-state index in [2.05, 4.69) is 5.32 Å². The number of hydrogen-bond donors (Lipinski definition) is 2. The summed E-state index contributed by atoms with van der Waals surface area (Å²) in [6, 6.07) is 16.4. The molecule has 6 nitrogen and oxygen atoms in total. The van der Waals surface area contributed by atoms with E-state index in [0.29, 0.717) is 15.5 Å². The molecule has 134 valence electrons. The molecule has 8 heteroatoms. The summed E-state index contributed by atoms with van der Waals surface area (Å²) < 4.78 is 30.7. The highest BCUT2D eigenvalue weighted by Crippen LogP contribution is 2.30. The van der Waals surface area contributed by atoms with E-state index < -0.39 is 10.1 Å². The van der Waals surface area contributed by atoms with E-state index in [-0.39, 0.29) is 22.2 Å². The van der Waals surface area contributed by atoms with E-state index in [9.17, 15) is 13.2 Å². The number of carbonyl (C=O) groups is 1. The van der Waals surface area contributed by atoms with E-state index in [0.717, 1.165) is 5.39 Å². The first kappa shape index (κ1) is 18.5. The Morgan fingerprint density at radius 3 is 2.42 bits per heavy atom. The van der Waals surface area contributed by atoms with Gasteiger partial charge in [-0.3, -0.25) is 4.79 Å². The summed E-state index contributed by atoms with van der Waals surface area (Å²) in [5.41, 5.74) is 6.75. The van der Waals surface area contributed by atoms with Crippen LogP contribution in [-0.4, -0.2) is 18.8 Å². The number of benzene rings is 3. The standard InChI is InChI=1S/C18H15IN2O4S/c19-11-17(22)21-13-6-8-14(9-7-13)25-26(23,24)16-10-5-12-3-1-2-4-15(12)18(16)20/h1-10H,11,20H2,(H,21,22). The Labute approximate surface area is 164 Å². The van der Waals surface area contributed by atoms with Gasteiger partial charge in [0.05, 0.1) is 10.1 Å². The van der Waals surface area contributed by atoms with Gasteiger partial charge in [-0.05, 0) is 35.7 Å². The lowest BCUT2D eigenvalue weighted by Gasteiger charge is -2.11. The van der Waals surface area contributed by atoms with Crippen LogP contribution in [0, 0.1) is 0 Å². The van der Waals surface area contributed by atoms with Crippen LogP contribution >= 0.6 is 22.6 Å². The molecule has 0 aromatic heterocycles. The van der Waals surface area contributed by atoms with Gasteiger partial charge in [0.2, 0.25) is 5.91 Å². The third kappa shape index (κ3) is 3.91. The van der Waals surface area contributed by atoms with Crippen LogP contribution in [0.3, 0.4) is 0 Å². The summed E-state index contributed by atoms with van der Waals surface area (Å²) in [5, 5.41) is 4.16. The second kappa shape index (κ2) is 7.50. The minimum Gasteiger partial charge on any atom is -0.397 e. The smallest absolute Gasteiger partial charge is 0.341 e. The minimum atomic E-state index is -4.09. The van der Waals surface area contributed by atoms with E-state index in [1.165, 1.54) is 18.2 Å². The lowest BCUT2D eigenvalue weighted by Crippen LogP contribution is -2.13. The van der Waals surface area contributed by atoms with Gasteiger partial charge in [-0.2, -0.15) is 8.42 Å². The molecule has 0 radical (unpaired) electrons. The lowest BCUT2D eigenvalue weighted by molar-refractivity contribution is -0.113. The van der Waals surface area contributed by atoms with Crippen LogP contribution in [0.2, 0.25) is 0 Å². The van der Waals surface area contributed by atoms with Gasteiger partial charge >= 0.3 is 10.1 Å². The quantitative estimate of drug-likeness (QED) is 0.251. The van der Waals surface area contributed by atoms with Gasteiger partial charge in [0.25, 0.3) is 0 Å². The highest BCUT2D eigenvalue weighted by atomic mass is 127. The summed E-state index contributed by atoms with van der Waals surface area (Å²) in [6.07, 6.45) is 0. The van der Waals surface area contributed by atoms with Crippen molar-refractivity contribution in [2.45, 2.75) is 4.90 Å². The highest BCUT2D eigenvalue weighted by Gasteiger charge is 2.21. The molecule has 3 N–H and O–H groups in total. The van der Waals surface area contributed by atoms with Crippen molar-refractivity contribution in [3.05, 3.63) is 60.7 Å². The van der Waals surface area contributed by atoms with Gasteiger partial charge in [0.15, 0.2) is 0 Å². The van der Waals surface area contributed by atoms with Crippen molar-refractivity contribution in [3.8, 4) is 5.75 Å². The van der Waals surface area contributed by atoms with E-state index in [4.69, 9.17) is 9.92 Å². The van der Waals surface area contributed by atoms with Crippen LogP contribution in [0.4, 0.5) is 11.4 Å². The van der Waals surface area contributed by atoms with Crippen LogP contribution in [0.1, 0.15) is 0 Å².